The van der Waals surface area contributed by atoms with Gasteiger partial charge in [0.15, 0.2) is 0 Å². The molecule has 0 bridgehead atoms. The largest absolute Gasteiger partial charge is 0.437 e. The first kappa shape index (κ1) is 34.2. The summed E-state index contributed by atoms with van der Waals surface area (Å²) in [4.78, 5) is 11.1. The topological polar surface area (TPSA) is 48.8 Å². The van der Waals surface area contributed by atoms with Crippen molar-refractivity contribution in [2.75, 3.05) is 0 Å². The lowest BCUT2D eigenvalue weighted by molar-refractivity contribution is 0.651. The van der Waals surface area contributed by atoms with E-state index < -0.39 is 0 Å². The molecule has 0 radical (unpaired) electrons. The SMILES string of the molecule is c1ccc(-c2cc(-c3ccccc3)cc(-c3nc(-n4c5ccccc5c5c6c7c(cc54)c4ccccc4n7-c4ccccc4-c4ccccc4-6)nc4oc5ccccc5c34)c2)cc1. The molecule has 0 saturated carbocycles. The van der Waals surface area contributed by atoms with Crippen LogP contribution in [0.2, 0.25) is 0 Å². The van der Waals surface area contributed by atoms with Crippen molar-refractivity contribution in [3.05, 3.63) is 206 Å². The van der Waals surface area contributed by atoms with Gasteiger partial charge in [-0.3, -0.25) is 4.57 Å². The van der Waals surface area contributed by atoms with Crippen molar-refractivity contribution >= 4 is 65.7 Å². The zero-order chi connectivity index (χ0) is 41.2. The highest BCUT2D eigenvalue weighted by molar-refractivity contribution is 6.28. The van der Waals surface area contributed by atoms with Gasteiger partial charge in [-0.15, -0.1) is 0 Å². The summed E-state index contributed by atoms with van der Waals surface area (Å²) in [5.41, 5.74) is 18.0. The molecule has 0 fully saturated rings. The summed E-state index contributed by atoms with van der Waals surface area (Å²) in [6.45, 7) is 0. The van der Waals surface area contributed by atoms with Crippen LogP contribution in [0.4, 0.5) is 0 Å². The second kappa shape index (κ2) is 13.0. The van der Waals surface area contributed by atoms with Crippen LogP contribution in [-0.2, 0) is 0 Å². The molecule has 0 unspecified atom stereocenters. The van der Waals surface area contributed by atoms with Gasteiger partial charge in [0.2, 0.25) is 11.7 Å². The smallest absolute Gasteiger partial charge is 0.238 e. The van der Waals surface area contributed by atoms with E-state index in [1.54, 1.807) is 0 Å². The number of furan rings is 1. The first-order chi connectivity index (χ1) is 31.3. The summed E-state index contributed by atoms with van der Waals surface area (Å²) < 4.78 is 11.5. The molecule has 1 aliphatic heterocycles. The lowest BCUT2D eigenvalue weighted by atomic mass is 9.91. The van der Waals surface area contributed by atoms with Crippen molar-refractivity contribution in [2.45, 2.75) is 0 Å². The van der Waals surface area contributed by atoms with Gasteiger partial charge in [0.25, 0.3) is 0 Å². The van der Waals surface area contributed by atoms with Crippen LogP contribution >= 0.6 is 0 Å². The first-order valence-electron chi connectivity index (χ1n) is 21.4. The minimum atomic E-state index is 0.546. The Morgan fingerprint density at radius 3 is 1.68 bits per heavy atom. The number of hydrogen-bond donors (Lipinski definition) is 0. The van der Waals surface area contributed by atoms with Gasteiger partial charge in [-0.1, -0.05) is 158 Å². The molecule has 0 aliphatic carbocycles. The van der Waals surface area contributed by atoms with Crippen LogP contribution in [-0.4, -0.2) is 19.1 Å². The quantitative estimate of drug-likeness (QED) is 0.178. The summed E-state index contributed by atoms with van der Waals surface area (Å²) in [6.07, 6.45) is 0. The molecular weight excluding hydrogens is 769 g/mol. The second-order valence-electron chi connectivity index (χ2n) is 16.5. The Kier molecular flexibility index (Phi) is 7.05. The monoisotopic (exact) mass is 802 g/mol. The third kappa shape index (κ3) is 4.87. The van der Waals surface area contributed by atoms with E-state index in [2.05, 4.69) is 203 Å². The summed E-state index contributed by atoms with van der Waals surface area (Å²) >= 11 is 0. The van der Waals surface area contributed by atoms with E-state index in [0.717, 1.165) is 71.7 Å². The molecule has 5 heteroatoms. The van der Waals surface area contributed by atoms with Gasteiger partial charge in [0.1, 0.15) is 5.58 Å². The van der Waals surface area contributed by atoms with Crippen molar-refractivity contribution in [1.29, 1.82) is 0 Å². The Morgan fingerprint density at radius 2 is 0.937 bits per heavy atom. The maximum Gasteiger partial charge on any atom is 0.238 e. The minimum Gasteiger partial charge on any atom is -0.437 e. The van der Waals surface area contributed by atoms with Crippen molar-refractivity contribution in [3.8, 4) is 67.4 Å². The van der Waals surface area contributed by atoms with Crippen LogP contribution in [0.1, 0.15) is 0 Å². The fourth-order valence-electron chi connectivity index (χ4n) is 10.4. The Morgan fingerprint density at radius 1 is 0.365 bits per heavy atom. The lowest BCUT2D eigenvalue weighted by Crippen LogP contribution is -2.03. The standard InChI is InChI=1S/C58H34N4O/c1-3-17-35(18-4-1)37-31-38(36-19-5-2-6-20-36)33-39(32-37)55-54-45-26-12-16-30-51(45)63-57(54)60-58(59-55)62-49-29-15-11-25-44(49)52-50(62)34-46-42-23-10-14-28-48(42)61-47-27-13-9-22-41(47)40-21-7-8-24-43(40)53(52)56(46)61/h1-34H. The predicted octanol–water partition coefficient (Wildman–Crippen LogP) is 15.2. The Bertz CT molecular complexity index is 3970. The fourth-order valence-corrected chi connectivity index (χ4v) is 10.4. The molecule has 9 aromatic carbocycles. The maximum absolute atomic E-state index is 6.72. The van der Waals surface area contributed by atoms with Crippen LogP contribution in [0.15, 0.2) is 211 Å². The van der Waals surface area contributed by atoms with Gasteiger partial charge < -0.3 is 8.98 Å². The normalized spacial score (nSPS) is 12.1. The summed E-state index contributed by atoms with van der Waals surface area (Å²) in [6, 6.07) is 73.8. The predicted molar refractivity (Wildman–Crippen MR) is 259 cm³/mol. The van der Waals surface area contributed by atoms with Crippen LogP contribution in [0.5, 0.6) is 0 Å². The molecule has 13 aromatic rings. The Labute approximate surface area is 361 Å². The fraction of sp³-hybridized carbons (Fsp3) is 0. The maximum atomic E-state index is 6.72. The third-order valence-electron chi connectivity index (χ3n) is 13.1. The average Bonchev–Trinajstić information content (AvgIpc) is 3.98. The molecule has 0 amide bonds. The average molecular weight is 803 g/mol. The molecule has 63 heavy (non-hydrogen) atoms. The third-order valence-corrected chi connectivity index (χ3v) is 13.1. The number of nitrogens with zero attached hydrogens (tertiary/aromatic N) is 4. The molecule has 0 atom stereocenters. The number of benzene rings is 9. The second-order valence-corrected chi connectivity index (χ2v) is 16.5. The van der Waals surface area contributed by atoms with Crippen LogP contribution in [0, 0.1) is 0 Å². The summed E-state index contributed by atoms with van der Waals surface area (Å²) in [7, 11) is 0. The van der Waals surface area contributed by atoms with Crippen molar-refractivity contribution in [2.24, 2.45) is 0 Å². The highest BCUT2D eigenvalue weighted by Gasteiger charge is 2.30. The number of rotatable bonds is 4. The number of para-hydroxylation sites is 4. The summed E-state index contributed by atoms with van der Waals surface area (Å²) in [5.74, 6) is 0.551. The molecule has 0 N–H and O–H groups in total. The van der Waals surface area contributed by atoms with Crippen LogP contribution in [0.25, 0.3) is 133 Å². The van der Waals surface area contributed by atoms with Crippen LogP contribution < -0.4 is 0 Å². The highest BCUT2D eigenvalue weighted by Crippen LogP contribution is 2.52. The van der Waals surface area contributed by atoms with E-state index >= 15 is 0 Å². The molecule has 5 nitrogen and oxygen atoms in total. The molecule has 292 valence electrons. The van der Waals surface area contributed by atoms with Crippen molar-refractivity contribution < 1.29 is 4.42 Å². The molecule has 0 spiro atoms. The number of hydrogen-bond acceptors (Lipinski definition) is 3. The number of fused-ring (bicyclic) bond motifs is 15. The Hall–Kier alpha value is -8.54. The number of aromatic nitrogens is 4. The molecular formula is C58H34N4O. The van der Waals surface area contributed by atoms with Gasteiger partial charge in [0.05, 0.1) is 38.8 Å². The summed E-state index contributed by atoms with van der Waals surface area (Å²) in [5, 5.41) is 6.54. The van der Waals surface area contributed by atoms with E-state index in [1.165, 1.54) is 49.7 Å². The van der Waals surface area contributed by atoms with E-state index in [0.29, 0.717) is 11.7 Å². The van der Waals surface area contributed by atoms with E-state index in [4.69, 9.17) is 14.4 Å². The molecule has 5 heterocycles. The van der Waals surface area contributed by atoms with Gasteiger partial charge in [-0.05, 0) is 81.9 Å². The van der Waals surface area contributed by atoms with Crippen LogP contribution in [0.3, 0.4) is 0 Å². The zero-order valence-corrected chi connectivity index (χ0v) is 33.8. The highest BCUT2D eigenvalue weighted by atomic mass is 16.3. The van der Waals surface area contributed by atoms with Gasteiger partial charge in [-0.25, -0.2) is 4.98 Å². The molecule has 1 aliphatic rings. The Balaban J connectivity index is 1.14. The minimum absolute atomic E-state index is 0.546. The van der Waals surface area contributed by atoms with E-state index in [-0.39, 0.29) is 0 Å². The van der Waals surface area contributed by atoms with Gasteiger partial charge >= 0.3 is 0 Å². The van der Waals surface area contributed by atoms with Crippen molar-refractivity contribution in [1.82, 2.24) is 19.1 Å². The van der Waals surface area contributed by atoms with E-state index in [9.17, 15) is 0 Å². The zero-order valence-electron chi connectivity index (χ0n) is 33.8. The van der Waals surface area contributed by atoms with Gasteiger partial charge in [-0.2, -0.15) is 4.98 Å². The molecule has 0 saturated heterocycles. The van der Waals surface area contributed by atoms with Gasteiger partial charge in [0, 0.05) is 43.6 Å². The lowest BCUT2D eigenvalue weighted by Gasteiger charge is -2.14. The van der Waals surface area contributed by atoms with Crippen molar-refractivity contribution in [3.63, 3.8) is 0 Å². The molecule has 4 aromatic heterocycles. The first-order valence-corrected chi connectivity index (χ1v) is 21.4. The molecule has 14 rings (SSSR count). The van der Waals surface area contributed by atoms with E-state index in [1.807, 2.05) is 12.1 Å².